The highest BCUT2D eigenvalue weighted by Gasteiger charge is 2.34. The maximum atomic E-state index is 13.6. The Bertz CT molecular complexity index is 1750. The van der Waals surface area contributed by atoms with E-state index in [4.69, 9.17) is 4.74 Å². The molecular formula is C29H26N8O4. The smallest absolute Gasteiger partial charge is 0.295 e. The molecule has 6 rings (SSSR count). The Labute approximate surface area is 234 Å². The van der Waals surface area contributed by atoms with Crippen molar-refractivity contribution in [2.45, 2.75) is 13.0 Å². The van der Waals surface area contributed by atoms with Gasteiger partial charge in [-0.3, -0.25) is 24.5 Å². The van der Waals surface area contributed by atoms with E-state index in [1.54, 1.807) is 35.5 Å². The first-order valence-electron chi connectivity index (χ1n) is 13.0. The molecule has 1 aliphatic rings. The molecule has 0 aliphatic carbocycles. The number of ketones is 1. The number of carbonyl (C=O) groups is 3. The van der Waals surface area contributed by atoms with E-state index in [9.17, 15) is 14.4 Å². The van der Waals surface area contributed by atoms with Crippen LogP contribution >= 0.6 is 0 Å². The van der Waals surface area contributed by atoms with Crippen LogP contribution in [0.4, 0.5) is 0 Å². The number of nitrogens with zero attached hydrogens (tertiary/aromatic N) is 6. The van der Waals surface area contributed by atoms with E-state index in [1.807, 2.05) is 31.2 Å². The number of amides is 2. The lowest BCUT2D eigenvalue weighted by atomic mass is 10.1. The number of Topliss-reactive ketones (excluding diaryl/α,β-unsaturated/α-hetero) is 1. The number of pyridine rings is 2. The SMILES string of the molecule is COc1cnc(-c2nc(-c3cccnc3)n[nH]2)c2[nH]cc(C(=O)C(=O)N3CCN(C(=O)c4ccccc4)[C@H](C)C3)c12. The number of rotatable bonds is 6. The first kappa shape index (κ1) is 25.9. The van der Waals surface area contributed by atoms with E-state index >= 15 is 0 Å². The van der Waals surface area contributed by atoms with Gasteiger partial charge in [-0.1, -0.05) is 18.2 Å². The minimum atomic E-state index is -0.685. The van der Waals surface area contributed by atoms with Crippen molar-refractivity contribution in [2.24, 2.45) is 0 Å². The highest BCUT2D eigenvalue weighted by Crippen LogP contribution is 2.34. The van der Waals surface area contributed by atoms with Crippen LogP contribution < -0.4 is 4.74 Å². The molecule has 1 fully saturated rings. The van der Waals surface area contributed by atoms with Crippen molar-refractivity contribution in [1.82, 2.24) is 39.9 Å². The molecule has 0 bridgehead atoms. The van der Waals surface area contributed by atoms with Crippen LogP contribution in [0.5, 0.6) is 5.75 Å². The Morgan fingerprint density at radius 3 is 2.61 bits per heavy atom. The van der Waals surface area contributed by atoms with E-state index in [0.717, 1.165) is 5.56 Å². The second kappa shape index (κ2) is 10.6. The lowest BCUT2D eigenvalue weighted by Gasteiger charge is -2.39. The van der Waals surface area contributed by atoms with E-state index < -0.39 is 11.7 Å². The lowest BCUT2D eigenvalue weighted by molar-refractivity contribution is -0.128. The van der Waals surface area contributed by atoms with Gasteiger partial charge >= 0.3 is 0 Å². The van der Waals surface area contributed by atoms with Gasteiger partial charge in [0.25, 0.3) is 17.6 Å². The summed E-state index contributed by atoms with van der Waals surface area (Å²) in [6.45, 7) is 2.68. The number of nitrogens with one attached hydrogen (secondary N) is 2. The zero-order valence-electron chi connectivity index (χ0n) is 22.4. The summed E-state index contributed by atoms with van der Waals surface area (Å²) in [5.41, 5.74) is 2.36. The van der Waals surface area contributed by atoms with Gasteiger partial charge in [0.05, 0.1) is 29.8 Å². The van der Waals surface area contributed by atoms with Crippen LogP contribution in [0.3, 0.4) is 0 Å². The maximum absolute atomic E-state index is 13.6. The Morgan fingerprint density at radius 2 is 1.88 bits per heavy atom. The molecule has 1 aromatic carbocycles. The number of aromatic amines is 2. The number of H-pyrrole nitrogens is 2. The standard InChI is InChI=1S/C29H26N8O4/c1-17-16-36(11-12-37(17)28(39)18-7-4-3-5-8-18)29(40)25(38)20-14-31-23-22(20)21(41-2)15-32-24(23)27-33-26(34-35-27)19-9-6-10-30-13-19/h3-10,13-15,17,31H,11-12,16H2,1-2H3,(H,33,34,35)/t17-/m1/s1. The molecule has 12 heteroatoms. The number of aromatic nitrogens is 6. The minimum absolute atomic E-state index is 0.1000. The fraction of sp³-hybridized carbons (Fsp3) is 0.207. The third-order valence-electron chi connectivity index (χ3n) is 7.16. The van der Waals surface area contributed by atoms with E-state index in [0.29, 0.717) is 46.1 Å². The van der Waals surface area contributed by atoms with Gasteiger partial charge in [-0.15, -0.1) is 0 Å². The summed E-state index contributed by atoms with van der Waals surface area (Å²) in [6, 6.07) is 12.4. The number of carbonyl (C=O) groups excluding carboxylic acids is 3. The normalized spacial score (nSPS) is 15.2. The van der Waals surface area contributed by atoms with Crippen LogP contribution in [-0.2, 0) is 4.79 Å². The highest BCUT2D eigenvalue weighted by atomic mass is 16.5. The first-order chi connectivity index (χ1) is 20.0. The third kappa shape index (κ3) is 4.69. The number of hydrogen-bond acceptors (Lipinski definition) is 8. The molecule has 0 radical (unpaired) electrons. The number of hydrogen-bond donors (Lipinski definition) is 2. The molecule has 1 aliphatic heterocycles. The summed E-state index contributed by atoms with van der Waals surface area (Å²) in [7, 11) is 1.47. The van der Waals surface area contributed by atoms with Crippen LogP contribution in [0, 0.1) is 0 Å². The Morgan fingerprint density at radius 1 is 1.05 bits per heavy atom. The van der Waals surface area contributed by atoms with Crippen LogP contribution in [0.25, 0.3) is 33.8 Å². The van der Waals surface area contributed by atoms with Gasteiger partial charge in [0.2, 0.25) is 0 Å². The van der Waals surface area contributed by atoms with E-state index in [2.05, 4.69) is 30.1 Å². The zero-order valence-corrected chi connectivity index (χ0v) is 22.4. The molecule has 0 spiro atoms. The molecule has 0 saturated carbocycles. The van der Waals surface area contributed by atoms with Crippen molar-refractivity contribution >= 4 is 28.5 Å². The number of ether oxygens (including phenoxy) is 1. The Balaban J connectivity index is 1.26. The monoisotopic (exact) mass is 550 g/mol. The Kier molecular flexibility index (Phi) is 6.71. The molecule has 0 unspecified atom stereocenters. The van der Waals surface area contributed by atoms with Gasteiger partial charge < -0.3 is 19.5 Å². The molecule has 5 heterocycles. The van der Waals surface area contributed by atoms with E-state index in [1.165, 1.54) is 24.4 Å². The predicted molar refractivity (Wildman–Crippen MR) is 149 cm³/mol. The summed E-state index contributed by atoms with van der Waals surface area (Å²) in [5, 5.41) is 7.58. The second-order valence-electron chi connectivity index (χ2n) is 9.67. The van der Waals surface area contributed by atoms with Gasteiger partial charge in [0, 0.05) is 55.4 Å². The number of methoxy groups -OCH3 is 1. The molecule has 12 nitrogen and oxygen atoms in total. The summed E-state index contributed by atoms with van der Waals surface area (Å²) in [4.78, 5) is 59.4. The molecule has 41 heavy (non-hydrogen) atoms. The fourth-order valence-corrected chi connectivity index (χ4v) is 5.07. The quantitative estimate of drug-likeness (QED) is 0.242. The number of piperazine rings is 1. The maximum Gasteiger partial charge on any atom is 0.295 e. The number of fused-ring (bicyclic) bond motifs is 1. The molecule has 2 amide bonds. The molecule has 1 atom stereocenters. The van der Waals surface area contributed by atoms with Crippen LogP contribution in [-0.4, -0.2) is 90.3 Å². The molecule has 206 valence electrons. The molecule has 2 N–H and O–H groups in total. The van der Waals surface area contributed by atoms with Crippen molar-refractivity contribution < 1.29 is 19.1 Å². The number of benzene rings is 1. The summed E-state index contributed by atoms with van der Waals surface area (Å²) < 4.78 is 5.51. The molecule has 5 aromatic rings. The largest absolute Gasteiger partial charge is 0.494 e. The minimum Gasteiger partial charge on any atom is -0.494 e. The average Bonchev–Trinajstić information content (AvgIpc) is 3.69. The lowest BCUT2D eigenvalue weighted by Crippen LogP contribution is -2.56. The van der Waals surface area contributed by atoms with Crippen LogP contribution in [0.15, 0.2) is 67.3 Å². The average molecular weight is 551 g/mol. The Hall–Kier alpha value is -5.39. The van der Waals surface area contributed by atoms with Crippen LogP contribution in [0.1, 0.15) is 27.6 Å². The molecular weight excluding hydrogens is 524 g/mol. The van der Waals surface area contributed by atoms with Gasteiger partial charge in [0.1, 0.15) is 11.4 Å². The van der Waals surface area contributed by atoms with Gasteiger partial charge in [0.15, 0.2) is 11.6 Å². The highest BCUT2D eigenvalue weighted by molar-refractivity contribution is 6.45. The summed E-state index contributed by atoms with van der Waals surface area (Å²) in [6.07, 6.45) is 6.28. The zero-order chi connectivity index (χ0) is 28.5. The van der Waals surface area contributed by atoms with Gasteiger partial charge in [-0.25, -0.2) is 9.97 Å². The van der Waals surface area contributed by atoms with Crippen molar-refractivity contribution in [3.8, 4) is 28.7 Å². The van der Waals surface area contributed by atoms with Crippen molar-refractivity contribution in [1.29, 1.82) is 0 Å². The molecule has 4 aromatic heterocycles. The van der Waals surface area contributed by atoms with Crippen LogP contribution in [0.2, 0.25) is 0 Å². The second-order valence-corrected chi connectivity index (χ2v) is 9.67. The van der Waals surface area contributed by atoms with Gasteiger partial charge in [-0.05, 0) is 31.2 Å². The fourth-order valence-electron chi connectivity index (χ4n) is 5.07. The van der Waals surface area contributed by atoms with Gasteiger partial charge in [-0.2, -0.15) is 5.10 Å². The summed E-state index contributed by atoms with van der Waals surface area (Å²) >= 11 is 0. The summed E-state index contributed by atoms with van der Waals surface area (Å²) in [5.74, 6) is -0.289. The predicted octanol–water partition coefficient (Wildman–Crippen LogP) is 2.97. The van der Waals surface area contributed by atoms with E-state index in [-0.39, 0.29) is 30.6 Å². The topological polar surface area (TPSA) is 150 Å². The first-order valence-corrected chi connectivity index (χ1v) is 13.0. The molecule has 1 saturated heterocycles. The third-order valence-corrected chi connectivity index (χ3v) is 7.16. The van der Waals surface area contributed by atoms with Crippen molar-refractivity contribution in [3.05, 3.63) is 78.4 Å². The van der Waals surface area contributed by atoms with Crippen molar-refractivity contribution in [3.63, 3.8) is 0 Å². The van der Waals surface area contributed by atoms with Crippen molar-refractivity contribution in [2.75, 3.05) is 26.7 Å².